The fourth-order valence-corrected chi connectivity index (χ4v) is 2.05. The maximum atomic E-state index is 11.9. The summed E-state index contributed by atoms with van der Waals surface area (Å²) in [7, 11) is 0. The average molecular weight is 295 g/mol. The molecule has 0 aliphatic heterocycles. The van der Waals surface area contributed by atoms with Gasteiger partial charge in [0.15, 0.2) is 0 Å². The van der Waals surface area contributed by atoms with Crippen LogP contribution in [-0.2, 0) is 6.54 Å². The molecule has 0 aliphatic rings. The van der Waals surface area contributed by atoms with Crippen LogP contribution in [0, 0.1) is 0 Å². The number of aromatic nitrogens is 4. The van der Waals surface area contributed by atoms with Gasteiger partial charge in [-0.25, -0.2) is 9.67 Å². The Kier molecular flexibility index (Phi) is 3.00. The first-order valence-electron chi connectivity index (χ1n) is 5.50. The first-order valence-corrected chi connectivity index (χ1v) is 6.25. The summed E-state index contributed by atoms with van der Waals surface area (Å²) in [5, 5.41) is 4.04. The summed E-state index contributed by atoms with van der Waals surface area (Å²) in [5.74, 6) is 0.634. The van der Waals surface area contributed by atoms with Crippen LogP contribution >= 0.6 is 23.2 Å². The Morgan fingerprint density at radius 1 is 1.26 bits per heavy atom. The topological polar surface area (TPSA) is 63.6 Å². The highest BCUT2D eigenvalue weighted by molar-refractivity contribution is 6.41. The number of H-pyrrole nitrogens is 1. The quantitative estimate of drug-likeness (QED) is 0.790. The smallest absolute Gasteiger partial charge is 0.287 e. The van der Waals surface area contributed by atoms with Crippen molar-refractivity contribution in [3.63, 3.8) is 0 Å². The second-order valence-electron chi connectivity index (χ2n) is 3.97. The van der Waals surface area contributed by atoms with E-state index in [1.807, 2.05) is 24.3 Å². The van der Waals surface area contributed by atoms with E-state index in [2.05, 4.69) is 15.1 Å². The summed E-state index contributed by atoms with van der Waals surface area (Å²) in [6.07, 6.45) is 1.34. The van der Waals surface area contributed by atoms with Crippen molar-refractivity contribution in [2.75, 3.05) is 0 Å². The maximum Gasteiger partial charge on any atom is 0.287 e. The summed E-state index contributed by atoms with van der Waals surface area (Å²) >= 11 is 11.5. The van der Waals surface area contributed by atoms with Crippen molar-refractivity contribution >= 4 is 34.2 Å². The van der Waals surface area contributed by atoms with Crippen LogP contribution in [0.3, 0.4) is 0 Å². The van der Waals surface area contributed by atoms with Crippen LogP contribution in [0.2, 0.25) is 10.0 Å². The minimum Gasteiger partial charge on any atom is -0.340 e. The number of para-hydroxylation sites is 2. The number of nitrogens with one attached hydrogen (secondary N) is 1. The summed E-state index contributed by atoms with van der Waals surface area (Å²) in [4.78, 5) is 19.3. The van der Waals surface area contributed by atoms with Gasteiger partial charge in [-0.3, -0.25) is 4.79 Å². The molecule has 96 valence electrons. The lowest BCUT2D eigenvalue weighted by Crippen LogP contribution is -2.24. The molecule has 0 bridgehead atoms. The van der Waals surface area contributed by atoms with Crippen LogP contribution in [0.1, 0.15) is 5.82 Å². The molecule has 0 saturated carbocycles. The van der Waals surface area contributed by atoms with Crippen LogP contribution < -0.4 is 5.56 Å². The van der Waals surface area contributed by atoms with Gasteiger partial charge < -0.3 is 4.98 Å². The molecular weight excluding hydrogens is 287 g/mol. The monoisotopic (exact) mass is 294 g/mol. The van der Waals surface area contributed by atoms with E-state index in [1.54, 1.807) is 0 Å². The van der Waals surface area contributed by atoms with Gasteiger partial charge in [0.05, 0.1) is 22.3 Å². The fourth-order valence-electron chi connectivity index (χ4n) is 1.78. The molecule has 3 rings (SSSR count). The normalized spacial score (nSPS) is 11.1. The first kappa shape index (κ1) is 12.2. The Labute approximate surface area is 117 Å². The molecule has 19 heavy (non-hydrogen) atoms. The van der Waals surface area contributed by atoms with Crippen LogP contribution in [-0.4, -0.2) is 19.7 Å². The van der Waals surface area contributed by atoms with E-state index in [0.29, 0.717) is 5.82 Å². The van der Waals surface area contributed by atoms with E-state index in [-0.39, 0.29) is 16.6 Å². The third-order valence-electron chi connectivity index (χ3n) is 2.68. The number of rotatable bonds is 2. The molecule has 3 aromatic rings. The van der Waals surface area contributed by atoms with Crippen LogP contribution in [0.15, 0.2) is 35.3 Å². The predicted octanol–water partition coefficient (Wildman–Crippen LogP) is 2.47. The highest BCUT2D eigenvalue weighted by Gasteiger charge is 2.09. The Hall–Kier alpha value is -1.85. The van der Waals surface area contributed by atoms with Gasteiger partial charge in [-0.15, -0.1) is 0 Å². The lowest BCUT2D eigenvalue weighted by molar-refractivity contribution is 0.620. The number of halogens is 2. The minimum atomic E-state index is -0.436. The number of fused-ring (bicyclic) bond motifs is 1. The van der Waals surface area contributed by atoms with Crippen LogP contribution in [0.5, 0.6) is 0 Å². The SMILES string of the molecule is O=c1c(Cl)c(Cl)cnn1Cc1nc2ccccc2[nH]1. The molecule has 0 fully saturated rings. The molecule has 5 nitrogen and oxygen atoms in total. The first-order chi connectivity index (χ1) is 9.15. The summed E-state index contributed by atoms with van der Waals surface area (Å²) < 4.78 is 1.21. The van der Waals surface area contributed by atoms with Gasteiger partial charge in [0.25, 0.3) is 5.56 Å². The second kappa shape index (κ2) is 4.68. The van der Waals surface area contributed by atoms with E-state index in [4.69, 9.17) is 23.2 Å². The minimum absolute atomic E-state index is 0.0345. The fraction of sp³-hybridized carbons (Fsp3) is 0.0833. The molecule has 0 unspecified atom stereocenters. The molecule has 0 radical (unpaired) electrons. The lowest BCUT2D eigenvalue weighted by atomic mass is 10.3. The van der Waals surface area contributed by atoms with Gasteiger partial charge in [0.2, 0.25) is 0 Å². The zero-order valence-electron chi connectivity index (χ0n) is 9.60. The Bertz CT molecular complexity index is 776. The van der Waals surface area contributed by atoms with Crippen molar-refractivity contribution in [2.45, 2.75) is 6.54 Å². The Balaban J connectivity index is 2.01. The van der Waals surface area contributed by atoms with Gasteiger partial charge in [-0.2, -0.15) is 5.10 Å². The molecule has 1 N–H and O–H groups in total. The van der Waals surface area contributed by atoms with E-state index in [9.17, 15) is 4.79 Å². The number of hydrogen-bond donors (Lipinski definition) is 1. The summed E-state index contributed by atoms with van der Waals surface area (Å²) in [6, 6.07) is 7.61. The van der Waals surface area contributed by atoms with Crippen molar-refractivity contribution in [2.24, 2.45) is 0 Å². The molecule has 2 heterocycles. The molecule has 1 aromatic carbocycles. The van der Waals surface area contributed by atoms with E-state index >= 15 is 0 Å². The molecule has 0 atom stereocenters. The highest BCUT2D eigenvalue weighted by Crippen LogP contribution is 2.15. The third-order valence-corrected chi connectivity index (χ3v) is 3.43. The molecule has 7 heteroatoms. The second-order valence-corrected chi connectivity index (χ2v) is 4.76. The molecule has 0 saturated heterocycles. The van der Waals surface area contributed by atoms with E-state index in [1.165, 1.54) is 10.9 Å². The number of hydrogen-bond acceptors (Lipinski definition) is 3. The number of nitrogens with zero attached hydrogens (tertiary/aromatic N) is 3. The number of benzene rings is 1. The van der Waals surface area contributed by atoms with Crippen LogP contribution in [0.4, 0.5) is 0 Å². The van der Waals surface area contributed by atoms with Gasteiger partial charge in [-0.1, -0.05) is 35.3 Å². The maximum absolute atomic E-state index is 11.9. The van der Waals surface area contributed by atoms with Crippen molar-refractivity contribution in [3.05, 3.63) is 56.7 Å². The molecule has 0 aliphatic carbocycles. The third kappa shape index (κ3) is 2.22. The van der Waals surface area contributed by atoms with Crippen molar-refractivity contribution in [1.82, 2.24) is 19.7 Å². The van der Waals surface area contributed by atoms with Crippen molar-refractivity contribution in [1.29, 1.82) is 0 Å². The summed E-state index contributed by atoms with van der Waals surface area (Å²) in [5.41, 5.74) is 1.31. The van der Waals surface area contributed by atoms with Crippen LogP contribution in [0.25, 0.3) is 11.0 Å². The lowest BCUT2D eigenvalue weighted by Gasteiger charge is -2.02. The van der Waals surface area contributed by atoms with Gasteiger partial charge in [0.1, 0.15) is 17.4 Å². The van der Waals surface area contributed by atoms with Crippen molar-refractivity contribution in [3.8, 4) is 0 Å². The van der Waals surface area contributed by atoms with E-state index < -0.39 is 5.56 Å². The average Bonchev–Trinajstić information content (AvgIpc) is 2.82. The van der Waals surface area contributed by atoms with Crippen molar-refractivity contribution < 1.29 is 0 Å². The Morgan fingerprint density at radius 3 is 2.84 bits per heavy atom. The van der Waals surface area contributed by atoms with E-state index in [0.717, 1.165) is 11.0 Å². The number of imidazole rings is 1. The van der Waals surface area contributed by atoms with Gasteiger partial charge in [0, 0.05) is 0 Å². The zero-order chi connectivity index (χ0) is 13.4. The molecule has 0 spiro atoms. The molecular formula is C12H8Cl2N4O. The standard InChI is InChI=1S/C12H8Cl2N4O/c13-7-5-15-18(12(19)11(7)14)6-10-16-8-3-1-2-4-9(8)17-10/h1-5H,6H2,(H,16,17). The zero-order valence-corrected chi connectivity index (χ0v) is 11.1. The molecule has 0 amide bonds. The van der Waals surface area contributed by atoms with Gasteiger partial charge >= 0.3 is 0 Å². The summed E-state index contributed by atoms with van der Waals surface area (Å²) in [6.45, 7) is 0.213. The highest BCUT2D eigenvalue weighted by atomic mass is 35.5. The largest absolute Gasteiger partial charge is 0.340 e. The number of aromatic amines is 1. The Morgan fingerprint density at radius 2 is 2.05 bits per heavy atom. The molecule has 2 aromatic heterocycles. The predicted molar refractivity (Wildman–Crippen MR) is 73.7 cm³/mol. The van der Waals surface area contributed by atoms with Gasteiger partial charge in [-0.05, 0) is 12.1 Å².